The zero-order valence-electron chi connectivity index (χ0n) is 21.8. The molecule has 2 unspecified atom stereocenters. The number of imide groups is 1. The Hall–Kier alpha value is -4.07. The van der Waals surface area contributed by atoms with E-state index in [0.717, 1.165) is 25.7 Å². The van der Waals surface area contributed by atoms with Crippen molar-refractivity contribution in [3.8, 4) is 11.3 Å². The molecule has 0 spiro atoms. The number of carbonyl (C=O) groups is 4. The van der Waals surface area contributed by atoms with Crippen molar-refractivity contribution in [3.63, 3.8) is 0 Å². The molecule has 41 heavy (non-hydrogen) atoms. The lowest BCUT2D eigenvalue weighted by Gasteiger charge is -2.19. The van der Waals surface area contributed by atoms with Gasteiger partial charge in [-0.25, -0.2) is 9.78 Å². The SMILES string of the molecule is O=C(COC(=O)c1cc(-c2ccc(N3C(=O)C4CCCCC4C3=O)cc2)nc2ccc(Cl)cc12)c1ccc(Cl)cc1. The van der Waals surface area contributed by atoms with E-state index in [1.54, 1.807) is 72.8 Å². The number of ether oxygens (including phenoxy) is 1. The molecule has 3 aromatic carbocycles. The molecule has 2 aliphatic rings. The molecule has 9 heteroatoms. The fourth-order valence-corrected chi connectivity index (χ4v) is 5.94. The Morgan fingerprint density at radius 1 is 0.829 bits per heavy atom. The number of hydrogen-bond donors (Lipinski definition) is 0. The lowest BCUT2D eigenvalue weighted by Crippen LogP contribution is -2.30. The molecule has 7 nitrogen and oxygen atoms in total. The normalized spacial score (nSPS) is 18.4. The molecule has 2 fully saturated rings. The van der Waals surface area contributed by atoms with Crippen LogP contribution in [-0.4, -0.2) is 35.2 Å². The van der Waals surface area contributed by atoms with Crippen LogP contribution in [0.1, 0.15) is 46.4 Å². The van der Waals surface area contributed by atoms with Gasteiger partial charge in [-0.15, -0.1) is 0 Å². The quantitative estimate of drug-likeness (QED) is 0.138. The van der Waals surface area contributed by atoms with Gasteiger partial charge in [0.2, 0.25) is 11.8 Å². The Kier molecular flexibility index (Phi) is 7.32. The van der Waals surface area contributed by atoms with Crippen LogP contribution < -0.4 is 4.90 Å². The van der Waals surface area contributed by atoms with E-state index >= 15 is 0 Å². The number of hydrogen-bond acceptors (Lipinski definition) is 6. The number of nitrogens with zero attached hydrogens (tertiary/aromatic N) is 2. The molecule has 1 aliphatic carbocycles. The zero-order valence-corrected chi connectivity index (χ0v) is 23.3. The molecular formula is C32H24Cl2N2O5. The third-order valence-corrected chi connectivity index (χ3v) is 8.24. The second kappa shape index (κ2) is 11.1. The Balaban J connectivity index is 1.28. The maximum Gasteiger partial charge on any atom is 0.339 e. The summed E-state index contributed by atoms with van der Waals surface area (Å²) in [5.41, 5.74) is 2.77. The Bertz CT molecular complexity index is 1680. The van der Waals surface area contributed by atoms with Crippen LogP contribution in [-0.2, 0) is 14.3 Å². The summed E-state index contributed by atoms with van der Waals surface area (Å²) in [6.07, 6.45) is 3.43. The van der Waals surface area contributed by atoms with E-state index in [2.05, 4.69) is 0 Å². The highest BCUT2D eigenvalue weighted by atomic mass is 35.5. The van der Waals surface area contributed by atoms with Crippen molar-refractivity contribution in [2.75, 3.05) is 11.5 Å². The minimum Gasteiger partial charge on any atom is -0.454 e. The monoisotopic (exact) mass is 586 g/mol. The number of rotatable bonds is 6. The number of fused-ring (bicyclic) bond motifs is 2. The fraction of sp³-hybridized carbons (Fsp3) is 0.219. The lowest BCUT2D eigenvalue weighted by molar-refractivity contribution is -0.122. The topological polar surface area (TPSA) is 93.6 Å². The van der Waals surface area contributed by atoms with Crippen molar-refractivity contribution < 1.29 is 23.9 Å². The largest absolute Gasteiger partial charge is 0.454 e. The van der Waals surface area contributed by atoms with Gasteiger partial charge >= 0.3 is 5.97 Å². The molecule has 0 N–H and O–H groups in total. The first-order valence-corrected chi connectivity index (χ1v) is 14.1. The van der Waals surface area contributed by atoms with Crippen molar-refractivity contribution in [1.82, 2.24) is 4.98 Å². The average molecular weight is 587 g/mol. The number of benzene rings is 3. The van der Waals surface area contributed by atoms with Gasteiger partial charge in [-0.05, 0) is 73.5 Å². The molecule has 1 saturated carbocycles. The van der Waals surface area contributed by atoms with Gasteiger partial charge in [0.15, 0.2) is 12.4 Å². The van der Waals surface area contributed by atoms with Crippen LogP contribution in [0.3, 0.4) is 0 Å². The molecule has 1 aromatic heterocycles. The van der Waals surface area contributed by atoms with Crippen LogP contribution in [0.4, 0.5) is 5.69 Å². The molecule has 2 amide bonds. The van der Waals surface area contributed by atoms with Crippen LogP contribution in [0, 0.1) is 11.8 Å². The van der Waals surface area contributed by atoms with Gasteiger partial charge < -0.3 is 4.74 Å². The lowest BCUT2D eigenvalue weighted by atomic mass is 9.81. The van der Waals surface area contributed by atoms with E-state index in [4.69, 9.17) is 32.9 Å². The third-order valence-electron chi connectivity index (χ3n) is 7.75. The maximum atomic E-state index is 13.2. The summed E-state index contributed by atoms with van der Waals surface area (Å²) in [4.78, 5) is 57.8. The van der Waals surface area contributed by atoms with Gasteiger partial charge in [0.25, 0.3) is 0 Å². The molecule has 1 aliphatic heterocycles. The maximum absolute atomic E-state index is 13.2. The van der Waals surface area contributed by atoms with Crippen molar-refractivity contribution >= 4 is 63.4 Å². The van der Waals surface area contributed by atoms with Crippen LogP contribution >= 0.6 is 23.2 Å². The van der Waals surface area contributed by atoms with Crippen LogP contribution in [0.5, 0.6) is 0 Å². The van der Waals surface area contributed by atoms with Crippen LogP contribution in [0.2, 0.25) is 10.0 Å². The summed E-state index contributed by atoms with van der Waals surface area (Å²) in [5, 5.41) is 1.40. The predicted octanol–water partition coefficient (Wildman–Crippen LogP) is 6.93. The number of Topliss-reactive ketones (excluding diaryl/α,β-unsaturated/α-hetero) is 1. The van der Waals surface area contributed by atoms with Gasteiger partial charge in [0.05, 0.1) is 34.3 Å². The predicted molar refractivity (Wildman–Crippen MR) is 156 cm³/mol. The van der Waals surface area contributed by atoms with E-state index in [1.165, 1.54) is 4.90 Å². The molecule has 2 heterocycles. The first-order chi connectivity index (χ1) is 19.8. The molecule has 1 saturated heterocycles. The minimum absolute atomic E-state index is 0.133. The van der Waals surface area contributed by atoms with E-state index in [1.807, 2.05) is 0 Å². The average Bonchev–Trinajstić information content (AvgIpc) is 3.25. The van der Waals surface area contributed by atoms with E-state index in [9.17, 15) is 19.2 Å². The summed E-state index contributed by atoms with van der Waals surface area (Å²) in [5.74, 6) is -1.79. The Labute approximate surface area is 246 Å². The number of pyridine rings is 1. The van der Waals surface area contributed by atoms with Crippen molar-refractivity contribution in [3.05, 3.63) is 94.0 Å². The summed E-state index contributed by atoms with van der Waals surface area (Å²) in [6.45, 7) is -0.450. The highest BCUT2D eigenvalue weighted by molar-refractivity contribution is 6.31. The summed E-state index contributed by atoms with van der Waals surface area (Å²) >= 11 is 12.1. The van der Waals surface area contributed by atoms with Gasteiger partial charge in [-0.1, -0.05) is 48.2 Å². The van der Waals surface area contributed by atoms with Gasteiger partial charge in [-0.2, -0.15) is 0 Å². The van der Waals surface area contributed by atoms with E-state index in [0.29, 0.717) is 43.5 Å². The first kappa shape index (κ1) is 27.1. The molecule has 4 aromatic rings. The number of amides is 2. The number of esters is 1. The number of carbonyl (C=O) groups excluding carboxylic acids is 4. The van der Waals surface area contributed by atoms with Crippen molar-refractivity contribution in [2.24, 2.45) is 11.8 Å². The Morgan fingerprint density at radius 2 is 1.46 bits per heavy atom. The second-order valence-corrected chi connectivity index (χ2v) is 11.2. The van der Waals surface area contributed by atoms with Crippen LogP contribution in [0.25, 0.3) is 22.2 Å². The highest BCUT2D eigenvalue weighted by Crippen LogP contribution is 2.40. The van der Waals surface area contributed by atoms with Crippen molar-refractivity contribution in [2.45, 2.75) is 25.7 Å². The standard InChI is InChI=1S/C32H24Cl2N2O5/c33-20-9-5-19(6-10-20)29(37)17-41-32(40)26-16-28(35-27-14-11-21(34)15-25(26)27)18-7-12-22(13-8-18)36-30(38)23-3-1-2-4-24(23)31(36)39/h5-16,23-24H,1-4,17H2. The van der Waals surface area contributed by atoms with Gasteiger partial charge in [0.1, 0.15) is 0 Å². The minimum atomic E-state index is -0.698. The molecule has 0 radical (unpaired) electrons. The first-order valence-electron chi connectivity index (χ1n) is 13.3. The van der Waals surface area contributed by atoms with Crippen molar-refractivity contribution in [1.29, 1.82) is 0 Å². The zero-order chi connectivity index (χ0) is 28.7. The Morgan fingerprint density at radius 3 is 2.12 bits per heavy atom. The fourth-order valence-electron chi connectivity index (χ4n) is 5.64. The number of anilines is 1. The molecule has 206 valence electrons. The molecule has 2 atom stereocenters. The molecular weight excluding hydrogens is 563 g/mol. The summed E-state index contributed by atoms with van der Waals surface area (Å²) in [6, 6.07) is 19.9. The summed E-state index contributed by atoms with van der Waals surface area (Å²) < 4.78 is 5.40. The van der Waals surface area contributed by atoms with Gasteiger partial charge in [0, 0.05) is 26.6 Å². The van der Waals surface area contributed by atoms with E-state index in [-0.39, 0.29) is 35.0 Å². The molecule has 0 bridgehead atoms. The van der Waals surface area contributed by atoms with Gasteiger partial charge in [-0.3, -0.25) is 19.3 Å². The highest BCUT2D eigenvalue weighted by Gasteiger charge is 2.48. The summed E-state index contributed by atoms with van der Waals surface area (Å²) in [7, 11) is 0. The molecule has 6 rings (SSSR count). The third kappa shape index (κ3) is 5.23. The number of halogens is 2. The second-order valence-electron chi connectivity index (χ2n) is 10.3. The smallest absolute Gasteiger partial charge is 0.339 e. The number of aromatic nitrogens is 1. The van der Waals surface area contributed by atoms with Crippen LogP contribution in [0.15, 0.2) is 72.8 Å². The van der Waals surface area contributed by atoms with E-state index < -0.39 is 12.6 Å². The number of ketones is 1.